The van der Waals surface area contributed by atoms with Crippen LogP contribution < -0.4 is 10.9 Å². The van der Waals surface area contributed by atoms with Crippen LogP contribution in [-0.2, 0) is 11.3 Å². The summed E-state index contributed by atoms with van der Waals surface area (Å²) >= 11 is 0. The Bertz CT molecular complexity index is 1070. The number of carboxylic acids is 1. The predicted molar refractivity (Wildman–Crippen MR) is 88.0 cm³/mol. The molecule has 0 unspecified atom stereocenters. The molecule has 0 saturated heterocycles. The number of nitriles is 1. The third-order valence-corrected chi connectivity index (χ3v) is 3.99. The fraction of sp³-hybridized carbons (Fsp3) is 0.167. The highest BCUT2D eigenvalue weighted by atomic mass is 16.4. The van der Waals surface area contributed by atoms with Crippen molar-refractivity contribution in [3.05, 3.63) is 51.6 Å². The van der Waals surface area contributed by atoms with Crippen molar-refractivity contribution in [2.45, 2.75) is 19.4 Å². The van der Waals surface area contributed by atoms with Crippen molar-refractivity contribution in [1.29, 1.82) is 5.26 Å². The van der Waals surface area contributed by atoms with E-state index < -0.39 is 5.97 Å². The van der Waals surface area contributed by atoms with Crippen LogP contribution in [0.5, 0.6) is 0 Å². The lowest BCUT2D eigenvalue weighted by Crippen LogP contribution is -2.33. The fourth-order valence-corrected chi connectivity index (χ4v) is 2.94. The summed E-state index contributed by atoms with van der Waals surface area (Å²) in [6.45, 7) is 4.29. The van der Waals surface area contributed by atoms with Gasteiger partial charge in [0.1, 0.15) is 0 Å². The van der Waals surface area contributed by atoms with Crippen molar-refractivity contribution in [1.82, 2.24) is 4.57 Å². The Hall–Kier alpha value is -3.13. The monoisotopic (exact) mass is 306 g/mol. The Morgan fingerprint density at radius 2 is 2.09 bits per heavy atom. The largest absolute Gasteiger partial charge is 0.481 e. The maximum absolute atomic E-state index is 12.8. The molecular formula is C18H14N2O3. The second kappa shape index (κ2) is 5.58. The highest BCUT2D eigenvalue weighted by Crippen LogP contribution is 2.23. The van der Waals surface area contributed by atoms with Gasteiger partial charge in [-0.2, -0.15) is 5.26 Å². The maximum atomic E-state index is 12.8. The van der Waals surface area contributed by atoms with E-state index >= 15 is 0 Å². The molecule has 0 bridgehead atoms. The van der Waals surface area contributed by atoms with E-state index in [2.05, 4.69) is 12.6 Å². The first kappa shape index (κ1) is 14.8. The van der Waals surface area contributed by atoms with Crippen LogP contribution in [0, 0.1) is 11.3 Å². The molecule has 0 saturated carbocycles. The highest BCUT2D eigenvalue weighted by molar-refractivity contribution is 6.10. The number of benzene rings is 2. The van der Waals surface area contributed by atoms with E-state index in [-0.39, 0.29) is 18.5 Å². The Labute approximate surface area is 131 Å². The molecule has 1 aromatic heterocycles. The summed E-state index contributed by atoms with van der Waals surface area (Å²) in [5.74, 6) is -0.894. The van der Waals surface area contributed by atoms with Gasteiger partial charge in [-0.1, -0.05) is 24.8 Å². The molecule has 23 heavy (non-hydrogen) atoms. The van der Waals surface area contributed by atoms with Gasteiger partial charge in [0, 0.05) is 34.5 Å². The minimum absolute atomic E-state index is 0.00759. The second-order valence-electron chi connectivity index (χ2n) is 5.44. The van der Waals surface area contributed by atoms with E-state index in [0.29, 0.717) is 22.7 Å². The first-order valence-corrected chi connectivity index (χ1v) is 7.22. The normalized spacial score (nSPS) is 10.9. The fourth-order valence-electron chi connectivity index (χ4n) is 2.94. The van der Waals surface area contributed by atoms with E-state index in [4.69, 9.17) is 10.4 Å². The molecule has 0 fully saturated rings. The third kappa shape index (κ3) is 2.44. The molecule has 0 spiro atoms. The van der Waals surface area contributed by atoms with Crippen molar-refractivity contribution in [3.8, 4) is 6.07 Å². The smallest absolute Gasteiger partial charge is 0.303 e. The van der Waals surface area contributed by atoms with Gasteiger partial charge >= 0.3 is 5.97 Å². The van der Waals surface area contributed by atoms with E-state index in [9.17, 15) is 9.59 Å². The molecule has 0 atom stereocenters. The van der Waals surface area contributed by atoms with E-state index in [1.165, 1.54) is 4.57 Å². The summed E-state index contributed by atoms with van der Waals surface area (Å²) in [5, 5.41) is 21.4. The van der Waals surface area contributed by atoms with Crippen LogP contribution in [0.2, 0.25) is 0 Å². The van der Waals surface area contributed by atoms with Gasteiger partial charge in [0.25, 0.3) is 5.56 Å². The number of hydrogen-bond donors (Lipinski definition) is 1. The number of nitrogens with zero attached hydrogens (tertiary/aromatic N) is 2. The first-order chi connectivity index (χ1) is 11.0. The second-order valence-corrected chi connectivity index (χ2v) is 5.44. The number of hydrogen-bond acceptors (Lipinski definition) is 3. The molecular weight excluding hydrogens is 292 g/mol. The zero-order chi connectivity index (χ0) is 16.6. The summed E-state index contributed by atoms with van der Waals surface area (Å²) in [4.78, 5) is 23.4. The highest BCUT2D eigenvalue weighted by Gasteiger charge is 2.12. The van der Waals surface area contributed by atoms with Gasteiger partial charge in [-0.05, 0) is 23.9 Å². The molecule has 2 aromatic carbocycles. The number of aliphatic carboxylic acids is 1. The lowest BCUT2D eigenvalue weighted by atomic mass is 9.99. The Morgan fingerprint density at radius 3 is 2.78 bits per heavy atom. The Balaban J connectivity index is 2.31. The van der Waals surface area contributed by atoms with Gasteiger partial charge in [0.05, 0.1) is 11.6 Å². The molecule has 0 amide bonds. The van der Waals surface area contributed by atoms with Gasteiger partial charge in [0.2, 0.25) is 0 Å². The van der Waals surface area contributed by atoms with Gasteiger partial charge < -0.3 is 9.67 Å². The van der Waals surface area contributed by atoms with E-state index in [1.54, 1.807) is 12.1 Å². The zero-order valence-corrected chi connectivity index (χ0v) is 12.4. The molecule has 1 heterocycles. The number of pyridine rings is 1. The van der Waals surface area contributed by atoms with Crippen LogP contribution in [-0.4, -0.2) is 15.6 Å². The summed E-state index contributed by atoms with van der Waals surface area (Å²) in [6, 6.07) is 11.0. The number of carbonyl (C=O) groups is 1. The zero-order valence-electron chi connectivity index (χ0n) is 12.4. The van der Waals surface area contributed by atoms with Gasteiger partial charge in [-0.3, -0.25) is 9.59 Å². The van der Waals surface area contributed by atoms with Crippen LogP contribution in [0.25, 0.3) is 28.1 Å². The van der Waals surface area contributed by atoms with Crippen LogP contribution >= 0.6 is 0 Å². The van der Waals surface area contributed by atoms with Crippen molar-refractivity contribution in [3.63, 3.8) is 0 Å². The van der Waals surface area contributed by atoms with Crippen LogP contribution in [0.15, 0.2) is 35.1 Å². The minimum atomic E-state index is -0.894. The molecule has 0 aliphatic rings. The predicted octanol–water partition coefficient (Wildman–Crippen LogP) is 2.02. The Kier molecular flexibility index (Phi) is 3.59. The van der Waals surface area contributed by atoms with Crippen molar-refractivity contribution in [2.24, 2.45) is 0 Å². The van der Waals surface area contributed by atoms with Crippen molar-refractivity contribution >= 4 is 34.1 Å². The molecule has 3 rings (SSSR count). The van der Waals surface area contributed by atoms with Crippen molar-refractivity contribution in [2.75, 3.05) is 0 Å². The van der Waals surface area contributed by atoms with Crippen LogP contribution in [0.4, 0.5) is 0 Å². The van der Waals surface area contributed by atoms with E-state index in [1.807, 2.05) is 18.2 Å². The lowest BCUT2D eigenvalue weighted by Gasteiger charge is -2.12. The molecule has 0 radical (unpaired) electrons. The molecule has 5 heteroatoms. The first-order valence-electron chi connectivity index (χ1n) is 7.22. The van der Waals surface area contributed by atoms with Crippen molar-refractivity contribution < 1.29 is 9.90 Å². The SMILES string of the molecule is C=c1c2cccc3cc(C#N)cc(c(=O)n1CCCC(=O)O)c32. The summed E-state index contributed by atoms with van der Waals surface area (Å²) in [7, 11) is 0. The summed E-state index contributed by atoms with van der Waals surface area (Å²) in [6.07, 6.45) is 0.343. The molecule has 114 valence electrons. The number of carboxylic acid groups (broad SMARTS) is 1. The van der Waals surface area contributed by atoms with Crippen LogP contribution in [0.1, 0.15) is 18.4 Å². The molecule has 3 aromatic rings. The van der Waals surface area contributed by atoms with Gasteiger partial charge in [-0.25, -0.2) is 0 Å². The maximum Gasteiger partial charge on any atom is 0.303 e. The van der Waals surface area contributed by atoms with Gasteiger partial charge in [-0.15, -0.1) is 0 Å². The quantitative estimate of drug-likeness (QED) is 0.799. The average molecular weight is 306 g/mol. The molecule has 1 N–H and O–H groups in total. The summed E-state index contributed by atoms with van der Waals surface area (Å²) < 4.78 is 1.50. The topological polar surface area (TPSA) is 83.1 Å². The Morgan fingerprint density at radius 1 is 1.30 bits per heavy atom. The standard InChI is InChI=1S/C18H14N2O3/c1-11-14-5-2-4-13-8-12(10-19)9-15(17(13)14)18(23)20(11)7-3-6-16(21)22/h2,4-5,8-9H,1,3,6-7H2,(H,21,22). The molecule has 0 aliphatic heterocycles. The average Bonchev–Trinajstić information content (AvgIpc) is 2.54. The number of rotatable bonds is 4. The molecule has 5 nitrogen and oxygen atoms in total. The van der Waals surface area contributed by atoms with Gasteiger partial charge in [0.15, 0.2) is 0 Å². The van der Waals surface area contributed by atoms with E-state index in [0.717, 1.165) is 16.2 Å². The molecule has 0 aliphatic carbocycles. The third-order valence-electron chi connectivity index (χ3n) is 3.99. The summed E-state index contributed by atoms with van der Waals surface area (Å²) in [5.41, 5.74) is 0.192. The number of aromatic nitrogens is 1. The minimum Gasteiger partial charge on any atom is -0.481 e. The van der Waals surface area contributed by atoms with Crippen LogP contribution in [0.3, 0.4) is 0 Å². The lowest BCUT2D eigenvalue weighted by molar-refractivity contribution is -0.137.